The third-order valence-corrected chi connectivity index (χ3v) is 3.93. The fraction of sp³-hybridized carbons (Fsp3) is 0.923. The second kappa shape index (κ2) is 5.17. The Labute approximate surface area is 98.6 Å². The number of amides is 1. The third kappa shape index (κ3) is 3.21. The zero-order chi connectivity index (χ0) is 11.5. The van der Waals surface area contributed by atoms with Crippen LogP contribution in [0.2, 0.25) is 0 Å². The zero-order valence-electron chi connectivity index (χ0n) is 10.5. The zero-order valence-corrected chi connectivity index (χ0v) is 10.5. The Kier molecular flexibility index (Phi) is 3.85. The normalized spacial score (nSPS) is 30.1. The lowest BCUT2D eigenvalue weighted by molar-refractivity contribution is -0.131. The number of carbonyl (C=O) groups excluding carboxylic acids is 1. The molecule has 0 spiro atoms. The highest BCUT2D eigenvalue weighted by Crippen LogP contribution is 2.36. The monoisotopic (exact) mass is 224 g/mol. The molecular formula is C13H24N2O. The molecule has 3 nitrogen and oxygen atoms in total. The number of nitrogens with one attached hydrogen (secondary N) is 1. The van der Waals surface area contributed by atoms with Gasteiger partial charge in [-0.15, -0.1) is 0 Å². The van der Waals surface area contributed by atoms with Crippen LogP contribution < -0.4 is 5.32 Å². The highest BCUT2D eigenvalue weighted by atomic mass is 16.2. The van der Waals surface area contributed by atoms with E-state index in [0.717, 1.165) is 24.8 Å². The molecule has 0 aromatic rings. The van der Waals surface area contributed by atoms with Crippen LogP contribution in [0.3, 0.4) is 0 Å². The van der Waals surface area contributed by atoms with Gasteiger partial charge in [0.05, 0.1) is 6.04 Å². The Hall–Kier alpha value is -0.570. The lowest BCUT2D eigenvalue weighted by Gasteiger charge is -2.31. The molecule has 2 atom stereocenters. The lowest BCUT2D eigenvalue weighted by atomic mass is 9.87. The van der Waals surface area contributed by atoms with Crippen molar-refractivity contribution in [2.24, 2.45) is 11.8 Å². The summed E-state index contributed by atoms with van der Waals surface area (Å²) >= 11 is 0. The van der Waals surface area contributed by atoms with Gasteiger partial charge in [0.1, 0.15) is 0 Å². The largest absolute Gasteiger partial charge is 0.347 e. The van der Waals surface area contributed by atoms with Crippen molar-refractivity contribution in [1.82, 2.24) is 10.2 Å². The average molecular weight is 224 g/mol. The minimum Gasteiger partial charge on any atom is -0.347 e. The topological polar surface area (TPSA) is 32.3 Å². The molecule has 1 saturated heterocycles. The first-order chi connectivity index (χ1) is 7.66. The molecule has 2 fully saturated rings. The van der Waals surface area contributed by atoms with Gasteiger partial charge in [0.2, 0.25) is 5.91 Å². The SMILES string of the molecule is CN(C)C(=O)C1CC(CCC2CC2)CCN1. The van der Waals surface area contributed by atoms with Crippen molar-refractivity contribution in [2.75, 3.05) is 20.6 Å². The number of hydrogen-bond acceptors (Lipinski definition) is 2. The number of rotatable bonds is 4. The van der Waals surface area contributed by atoms with Crippen LogP contribution in [-0.2, 0) is 4.79 Å². The summed E-state index contributed by atoms with van der Waals surface area (Å²) in [7, 11) is 3.69. The van der Waals surface area contributed by atoms with Crippen molar-refractivity contribution < 1.29 is 4.79 Å². The maximum Gasteiger partial charge on any atom is 0.239 e. The first kappa shape index (κ1) is 11.9. The van der Waals surface area contributed by atoms with Crippen LogP contribution in [0, 0.1) is 11.8 Å². The van der Waals surface area contributed by atoms with Gasteiger partial charge in [0.15, 0.2) is 0 Å². The molecule has 1 saturated carbocycles. The van der Waals surface area contributed by atoms with E-state index < -0.39 is 0 Å². The van der Waals surface area contributed by atoms with Crippen LogP contribution in [0.15, 0.2) is 0 Å². The van der Waals surface area contributed by atoms with Crippen molar-refractivity contribution in [3.8, 4) is 0 Å². The summed E-state index contributed by atoms with van der Waals surface area (Å²) in [6.07, 6.45) is 7.93. The summed E-state index contributed by atoms with van der Waals surface area (Å²) < 4.78 is 0. The van der Waals surface area contributed by atoms with Gasteiger partial charge >= 0.3 is 0 Å². The smallest absolute Gasteiger partial charge is 0.239 e. The maximum atomic E-state index is 11.9. The predicted octanol–water partition coefficient (Wildman–Crippen LogP) is 1.63. The minimum absolute atomic E-state index is 0.0768. The van der Waals surface area contributed by atoms with Gasteiger partial charge in [-0.2, -0.15) is 0 Å². The molecule has 3 heteroatoms. The Morgan fingerprint density at radius 1 is 1.19 bits per heavy atom. The van der Waals surface area contributed by atoms with Crippen molar-refractivity contribution >= 4 is 5.91 Å². The fourth-order valence-electron chi connectivity index (χ4n) is 2.64. The van der Waals surface area contributed by atoms with Gasteiger partial charge in [-0.3, -0.25) is 4.79 Å². The molecule has 0 radical (unpaired) electrons. The summed E-state index contributed by atoms with van der Waals surface area (Å²) in [6, 6.07) is 0.0768. The van der Waals surface area contributed by atoms with Crippen LogP contribution >= 0.6 is 0 Å². The third-order valence-electron chi connectivity index (χ3n) is 3.93. The van der Waals surface area contributed by atoms with Crippen molar-refractivity contribution in [1.29, 1.82) is 0 Å². The Balaban J connectivity index is 1.76. The minimum atomic E-state index is 0.0768. The molecule has 2 rings (SSSR count). The van der Waals surface area contributed by atoms with Gasteiger partial charge in [0, 0.05) is 14.1 Å². The van der Waals surface area contributed by atoms with Crippen LogP contribution in [-0.4, -0.2) is 37.5 Å². The summed E-state index contributed by atoms with van der Waals surface area (Å²) in [5.74, 6) is 2.05. The quantitative estimate of drug-likeness (QED) is 0.787. The highest BCUT2D eigenvalue weighted by molar-refractivity contribution is 5.81. The molecule has 1 aliphatic heterocycles. The number of hydrogen-bond donors (Lipinski definition) is 1. The van der Waals surface area contributed by atoms with Crippen molar-refractivity contribution in [3.05, 3.63) is 0 Å². The standard InChI is InChI=1S/C13H24N2O/c1-15(2)13(16)12-9-11(7-8-14-12)6-5-10-3-4-10/h10-12,14H,3-9H2,1-2H3. The van der Waals surface area contributed by atoms with E-state index in [9.17, 15) is 4.79 Å². The molecule has 1 amide bonds. The number of likely N-dealkylation sites (N-methyl/N-ethyl adjacent to an activating group) is 1. The van der Waals surface area contributed by atoms with E-state index in [1.807, 2.05) is 14.1 Å². The number of piperidine rings is 1. The van der Waals surface area contributed by atoms with E-state index >= 15 is 0 Å². The van der Waals surface area contributed by atoms with Crippen LogP contribution in [0.4, 0.5) is 0 Å². The summed E-state index contributed by atoms with van der Waals surface area (Å²) in [5.41, 5.74) is 0. The van der Waals surface area contributed by atoms with Gasteiger partial charge in [-0.25, -0.2) is 0 Å². The molecule has 1 heterocycles. The first-order valence-corrected chi connectivity index (χ1v) is 6.61. The first-order valence-electron chi connectivity index (χ1n) is 6.61. The lowest BCUT2D eigenvalue weighted by Crippen LogP contribution is -2.48. The second-order valence-electron chi connectivity index (χ2n) is 5.65. The molecule has 92 valence electrons. The van der Waals surface area contributed by atoms with E-state index in [2.05, 4.69) is 5.32 Å². The highest BCUT2D eigenvalue weighted by Gasteiger charge is 2.29. The number of nitrogens with zero attached hydrogens (tertiary/aromatic N) is 1. The average Bonchev–Trinajstić information content (AvgIpc) is 3.09. The van der Waals surface area contributed by atoms with E-state index in [0.29, 0.717) is 0 Å². The van der Waals surface area contributed by atoms with Gasteiger partial charge in [0.25, 0.3) is 0 Å². The predicted molar refractivity (Wildman–Crippen MR) is 65.2 cm³/mol. The molecule has 1 aliphatic carbocycles. The Morgan fingerprint density at radius 3 is 2.50 bits per heavy atom. The van der Waals surface area contributed by atoms with E-state index in [-0.39, 0.29) is 11.9 Å². The summed E-state index contributed by atoms with van der Waals surface area (Å²) in [4.78, 5) is 13.6. The van der Waals surface area contributed by atoms with E-state index in [1.165, 1.54) is 32.1 Å². The van der Waals surface area contributed by atoms with Gasteiger partial charge < -0.3 is 10.2 Å². The van der Waals surface area contributed by atoms with Crippen LogP contribution in [0.25, 0.3) is 0 Å². The molecule has 0 bridgehead atoms. The molecular weight excluding hydrogens is 200 g/mol. The second-order valence-corrected chi connectivity index (χ2v) is 5.65. The van der Waals surface area contributed by atoms with E-state index in [4.69, 9.17) is 0 Å². The van der Waals surface area contributed by atoms with Crippen molar-refractivity contribution in [2.45, 2.75) is 44.6 Å². The van der Waals surface area contributed by atoms with Gasteiger partial charge in [-0.05, 0) is 31.2 Å². The molecule has 2 unspecified atom stereocenters. The molecule has 0 aromatic heterocycles. The summed E-state index contributed by atoms with van der Waals surface area (Å²) in [5, 5.41) is 3.34. The summed E-state index contributed by atoms with van der Waals surface area (Å²) in [6.45, 7) is 1.01. The van der Waals surface area contributed by atoms with Crippen LogP contribution in [0.1, 0.15) is 38.5 Å². The maximum absolute atomic E-state index is 11.9. The Bertz CT molecular complexity index is 248. The molecule has 2 aliphatic rings. The van der Waals surface area contributed by atoms with Gasteiger partial charge in [-0.1, -0.05) is 25.7 Å². The molecule has 0 aromatic carbocycles. The number of carbonyl (C=O) groups is 1. The molecule has 16 heavy (non-hydrogen) atoms. The Morgan fingerprint density at radius 2 is 1.88 bits per heavy atom. The van der Waals surface area contributed by atoms with E-state index in [1.54, 1.807) is 4.90 Å². The van der Waals surface area contributed by atoms with Crippen molar-refractivity contribution in [3.63, 3.8) is 0 Å². The molecule has 1 N–H and O–H groups in total. The van der Waals surface area contributed by atoms with Crippen LogP contribution in [0.5, 0.6) is 0 Å². The fourth-order valence-corrected chi connectivity index (χ4v) is 2.64.